The van der Waals surface area contributed by atoms with Gasteiger partial charge in [0, 0.05) is 37.8 Å². The van der Waals surface area contributed by atoms with Gasteiger partial charge in [-0.3, -0.25) is 9.69 Å². The maximum atomic E-state index is 13.0. The van der Waals surface area contributed by atoms with Crippen molar-refractivity contribution in [2.45, 2.75) is 32.7 Å². The van der Waals surface area contributed by atoms with Gasteiger partial charge in [-0.25, -0.2) is 0 Å². The Kier molecular flexibility index (Phi) is 8.90. The number of aliphatic hydroxyl groups excluding tert-OH is 1. The van der Waals surface area contributed by atoms with E-state index in [9.17, 15) is 4.79 Å². The number of aliphatic hydroxyl groups is 1. The van der Waals surface area contributed by atoms with Crippen LogP contribution in [0.2, 0.25) is 0 Å². The van der Waals surface area contributed by atoms with Gasteiger partial charge in [-0.15, -0.1) is 0 Å². The van der Waals surface area contributed by atoms with Crippen LogP contribution in [-0.2, 0) is 4.74 Å². The average molecular weight is 388 g/mol. The van der Waals surface area contributed by atoms with Crippen LogP contribution in [0.4, 0.5) is 0 Å². The molecule has 0 aliphatic carbocycles. The fourth-order valence-corrected chi connectivity index (χ4v) is 3.74. The summed E-state index contributed by atoms with van der Waals surface area (Å²) in [7, 11) is 2.66. The second kappa shape index (κ2) is 11.1. The zero-order chi connectivity index (χ0) is 20.5. The van der Waals surface area contributed by atoms with Crippen molar-refractivity contribution in [3.8, 4) is 5.75 Å². The molecular formula is C23H33NO4. The minimum atomic E-state index is -0.0298. The lowest BCUT2D eigenvalue weighted by atomic mass is 9.96. The Morgan fingerprint density at radius 1 is 1.25 bits per heavy atom. The number of hydrogen-bond donors (Lipinski definition) is 1. The van der Waals surface area contributed by atoms with Crippen LogP contribution in [-0.4, -0.2) is 62.4 Å². The van der Waals surface area contributed by atoms with Crippen LogP contribution in [0.25, 0.3) is 10.8 Å². The minimum Gasteiger partial charge on any atom is -0.497 e. The highest BCUT2D eigenvalue weighted by atomic mass is 16.5. The Morgan fingerprint density at radius 2 is 1.96 bits per heavy atom. The van der Waals surface area contributed by atoms with E-state index in [0.29, 0.717) is 6.04 Å². The lowest BCUT2D eigenvalue weighted by molar-refractivity contribution is 0.0849. The van der Waals surface area contributed by atoms with E-state index in [2.05, 4.69) is 11.8 Å². The number of carbonyl (C=O) groups excluding carboxylic acids is 1. The van der Waals surface area contributed by atoms with Crippen LogP contribution >= 0.6 is 0 Å². The molecular weight excluding hydrogens is 354 g/mol. The molecule has 1 N–H and O–H groups in total. The van der Waals surface area contributed by atoms with Crippen molar-refractivity contribution >= 4 is 16.6 Å². The number of carbonyl (C=O) groups is 1. The van der Waals surface area contributed by atoms with Gasteiger partial charge in [0.1, 0.15) is 5.75 Å². The normalized spacial score (nSPS) is 17.3. The highest BCUT2D eigenvalue weighted by molar-refractivity contribution is 6.01. The van der Waals surface area contributed by atoms with Gasteiger partial charge in [0.05, 0.1) is 13.7 Å². The quantitative estimate of drug-likeness (QED) is 0.699. The summed E-state index contributed by atoms with van der Waals surface area (Å²) in [5.41, 5.74) is 0.786. The molecule has 2 aromatic carbocycles. The van der Waals surface area contributed by atoms with Gasteiger partial charge < -0.3 is 14.6 Å². The van der Waals surface area contributed by atoms with Crippen LogP contribution in [0.5, 0.6) is 5.75 Å². The minimum absolute atomic E-state index is 0.0298. The maximum absolute atomic E-state index is 13.0. The average Bonchev–Trinajstić information content (AvgIpc) is 3.28. The third-order valence-corrected chi connectivity index (χ3v) is 5.22. The smallest absolute Gasteiger partial charge is 0.166 e. The third kappa shape index (κ3) is 5.53. The predicted molar refractivity (Wildman–Crippen MR) is 113 cm³/mol. The van der Waals surface area contributed by atoms with E-state index in [1.54, 1.807) is 7.11 Å². The highest BCUT2D eigenvalue weighted by Gasteiger charge is 2.26. The van der Waals surface area contributed by atoms with E-state index >= 15 is 0 Å². The highest BCUT2D eigenvalue weighted by Crippen LogP contribution is 2.24. The number of ketones is 1. The monoisotopic (exact) mass is 387 g/mol. The first kappa shape index (κ1) is 22.3. The molecule has 2 atom stereocenters. The van der Waals surface area contributed by atoms with Gasteiger partial charge in [-0.1, -0.05) is 32.0 Å². The van der Waals surface area contributed by atoms with Crippen molar-refractivity contribution in [3.05, 3.63) is 42.0 Å². The molecule has 0 bridgehead atoms. The molecule has 1 heterocycles. The van der Waals surface area contributed by atoms with E-state index in [-0.39, 0.29) is 11.7 Å². The molecule has 0 radical (unpaired) electrons. The topological polar surface area (TPSA) is 59.0 Å². The SMILES string of the molecule is CCCN(CC(C)C(=O)c1ccc2cc(OC)ccc2c1)C1CCOC1.CO. The Balaban J connectivity index is 0.00000136. The Bertz CT molecular complexity index is 755. The number of Topliss-reactive ketones (excluding diaryl/α,β-unsaturated/α-hetero) is 1. The number of nitrogens with zero attached hydrogens (tertiary/aromatic N) is 1. The molecule has 0 aromatic heterocycles. The van der Waals surface area contributed by atoms with E-state index < -0.39 is 0 Å². The lowest BCUT2D eigenvalue weighted by Gasteiger charge is -2.29. The Hall–Kier alpha value is -1.95. The molecule has 154 valence electrons. The van der Waals surface area contributed by atoms with E-state index in [4.69, 9.17) is 14.6 Å². The molecule has 1 aliphatic rings. The summed E-state index contributed by atoms with van der Waals surface area (Å²) in [5, 5.41) is 9.16. The summed E-state index contributed by atoms with van der Waals surface area (Å²) in [6.07, 6.45) is 2.16. The van der Waals surface area contributed by atoms with Crippen LogP contribution < -0.4 is 4.74 Å². The second-order valence-corrected chi connectivity index (χ2v) is 7.21. The molecule has 5 nitrogen and oxygen atoms in total. The number of hydrogen-bond acceptors (Lipinski definition) is 5. The lowest BCUT2D eigenvalue weighted by Crippen LogP contribution is -2.40. The number of methoxy groups -OCH3 is 1. The van der Waals surface area contributed by atoms with Gasteiger partial charge >= 0.3 is 0 Å². The van der Waals surface area contributed by atoms with Crippen LogP contribution in [0.3, 0.4) is 0 Å². The van der Waals surface area contributed by atoms with Crippen molar-refractivity contribution in [2.75, 3.05) is 40.5 Å². The molecule has 0 spiro atoms. The Morgan fingerprint density at radius 3 is 2.61 bits per heavy atom. The van der Waals surface area contributed by atoms with Gasteiger partial charge in [0.25, 0.3) is 0 Å². The first-order chi connectivity index (χ1) is 13.6. The number of rotatable bonds is 8. The second-order valence-electron chi connectivity index (χ2n) is 7.21. The standard InChI is InChI=1S/C22H29NO3.CH4O/c1-4-10-23(20-9-11-26-15-20)14-16(2)22(24)19-6-5-18-13-21(25-3)8-7-17(18)12-19;1-2/h5-8,12-13,16,20H,4,9-11,14-15H2,1-3H3;2H,1H3. The van der Waals surface area contributed by atoms with Gasteiger partial charge in [0.15, 0.2) is 5.78 Å². The molecule has 0 saturated carbocycles. The van der Waals surface area contributed by atoms with Crippen molar-refractivity contribution < 1.29 is 19.4 Å². The largest absolute Gasteiger partial charge is 0.497 e. The number of fused-ring (bicyclic) bond motifs is 1. The van der Waals surface area contributed by atoms with Crippen LogP contribution in [0.15, 0.2) is 36.4 Å². The fourth-order valence-electron chi connectivity index (χ4n) is 3.74. The number of benzene rings is 2. The van der Waals surface area contributed by atoms with Crippen molar-refractivity contribution in [1.29, 1.82) is 0 Å². The summed E-state index contributed by atoms with van der Waals surface area (Å²) >= 11 is 0. The molecule has 2 aromatic rings. The van der Waals surface area contributed by atoms with Gasteiger partial charge in [-0.05, 0) is 48.4 Å². The summed E-state index contributed by atoms with van der Waals surface area (Å²) in [4.78, 5) is 15.4. The van der Waals surface area contributed by atoms with E-state index in [1.165, 1.54) is 0 Å². The molecule has 3 rings (SSSR count). The van der Waals surface area contributed by atoms with E-state index in [1.807, 2.05) is 43.3 Å². The van der Waals surface area contributed by atoms with E-state index in [0.717, 1.165) is 68.3 Å². The molecule has 5 heteroatoms. The first-order valence-electron chi connectivity index (χ1n) is 10.0. The molecule has 1 fully saturated rings. The first-order valence-corrected chi connectivity index (χ1v) is 10.0. The van der Waals surface area contributed by atoms with Crippen molar-refractivity contribution in [2.24, 2.45) is 5.92 Å². The summed E-state index contributed by atoms with van der Waals surface area (Å²) in [6.45, 7) is 7.66. The molecule has 1 aliphatic heterocycles. The molecule has 28 heavy (non-hydrogen) atoms. The summed E-state index contributed by atoms with van der Waals surface area (Å²) < 4.78 is 10.8. The van der Waals surface area contributed by atoms with Crippen molar-refractivity contribution in [1.82, 2.24) is 4.90 Å². The van der Waals surface area contributed by atoms with Gasteiger partial charge in [0.2, 0.25) is 0 Å². The molecule has 0 amide bonds. The fraction of sp³-hybridized carbons (Fsp3) is 0.522. The molecule has 2 unspecified atom stereocenters. The Labute approximate surface area is 168 Å². The van der Waals surface area contributed by atoms with Gasteiger partial charge in [-0.2, -0.15) is 0 Å². The zero-order valence-corrected chi connectivity index (χ0v) is 17.5. The third-order valence-electron chi connectivity index (χ3n) is 5.22. The zero-order valence-electron chi connectivity index (χ0n) is 17.5. The summed E-state index contributed by atoms with van der Waals surface area (Å²) in [6, 6.07) is 12.3. The van der Waals surface area contributed by atoms with Crippen molar-refractivity contribution in [3.63, 3.8) is 0 Å². The maximum Gasteiger partial charge on any atom is 0.166 e. The molecule has 1 saturated heterocycles. The van der Waals surface area contributed by atoms with Crippen LogP contribution in [0, 0.1) is 5.92 Å². The predicted octanol–water partition coefficient (Wildman–Crippen LogP) is 3.78. The van der Waals surface area contributed by atoms with Crippen LogP contribution in [0.1, 0.15) is 37.0 Å². The summed E-state index contributed by atoms with van der Waals surface area (Å²) in [5.74, 6) is 1.01. The number of ether oxygens (including phenoxy) is 2.